The van der Waals surface area contributed by atoms with Crippen molar-refractivity contribution >= 4 is 5.82 Å². The summed E-state index contributed by atoms with van der Waals surface area (Å²) in [6.07, 6.45) is 7.68. The van der Waals surface area contributed by atoms with Crippen LogP contribution in [0.25, 0.3) is 0 Å². The highest BCUT2D eigenvalue weighted by molar-refractivity contribution is 5.45. The van der Waals surface area contributed by atoms with E-state index >= 15 is 0 Å². The van der Waals surface area contributed by atoms with Gasteiger partial charge in [0.15, 0.2) is 0 Å². The Bertz CT molecular complexity index is 404. The molecule has 18 heavy (non-hydrogen) atoms. The molecule has 1 N–H and O–H groups in total. The summed E-state index contributed by atoms with van der Waals surface area (Å²) in [5.41, 5.74) is 5.99. The molecular formula is C13H20N4O. The van der Waals surface area contributed by atoms with E-state index in [1.165, 1.54) is 30.5 Å². The second-order valence-corrected chi connectivity index (χ2v) is 4.92. The number of nitrogens with one attached hydrogen (secondary N) is 1. The number of nitrogens with zero attached hydrogens (tertiary/aromatic N) is 3. The molecule has 0 unspecified atom stereocenters. The summed E-state index contributed by atoms with van der Waals surface area (Å²) in [7, 11) is 0. The fraction of sp³-hybridized carbons (Fsp3) is 0.692. The van der Waals surface area contributed by atoms with Gasteiger partial charge in [0.05, 0.1) is 13.2 Å². The molecule has 0 aromatic carbocycles. The number of fused-ring (bicyclic) bond motifs is 1. The first kappa shape index (κ1) is 11.9. The zero-order chi connectivity index (χ0) is 12.2. The number of hydrogen-bond donors (Lipinski definition) is 1. The van der Waals surface area contributed by atoms with Crippen LogP contribution >= 0.6 is 0 Å². The first-order valence-electron chi connectivity index (χ1n) is 6.85. The Hall–Kier alpha value is -1.20. The molecule has 1 aliphatic carbocycles. The third-order valence-electron chi connectivity index (χ3n) is 3.65. The van der Waals surface area contributed by atoms with E-state index in [1.807, 2.05) is 0 Å². The van der Waals surface area contributed by atoms with Crippen LogP contribution in [0.3, 0.4) is 0 Å². The number of ether oxygens (including phenoxy) is 1. The lowest BCUT2D eigenvalue weighted by atomic mass is 10.1. The van der Waals surface area contributed by atoms with Crippen LogP contribution in [-0.2, 0) is 17.6 Å². The van der Waals surface area contributed by atoms with E-state index in [1.54, 1.807) is 6.33 Å². The second-order valence-electron chi connectivity index (χ2n) is 4.92. The molecule has 2 heterocycles. The zero-order valence-electron chi connectivity index (χ0n) is 10.7. The minimum Gasteiger partial charge on any atom is -0.379 e. The van der Waals surface area contributed by atoms with E-state index in [0.717, 1.165) is 45.0 Å². The maximum absolute atomic E-state index is 5.36. The highest BCUT2D eigenvalue weighted by atomic mass is 16.5. The van der Waals surface area contributed by atoms with Gasteiger partial charge in [0, 0.05) is 24.3 Å². The number of rotatable bonds is 2. The molecule has 0 atom stereocenters. The van der Waals surface area contributed by atoms with Gasteiger partial charge in [-0.3, -0.25) is 0 Å². The smallest absolute Gasteiger partial charge is 0.147 e. The van der Waals surface area contributed by atoms with Crippen molar-refractivity contribution in [3.05, 3.63) is 17.6 Å². The largest absolute Gasteiger partial charge is 0.379 e. The monoisotopic (exact) mass is 248 g/mol. The third-order valence-corrected chi connectivity index (χ3v) is 3.65. The molecule has 1 aliphatic heterocycles. The Balaban J connectivity index is 1.78. The molecule has 5 nitrogen and oxygen atoms in total. The van der Waals surface area contributed by atoms with Gasteiger partial charge in [0.25, 0.3) is 0 Å². The number of aromatic nitrogens is 2. The molecule has 3 rings (SSSR count). The minimum absolute atomic E-state index is 0.792. The molecule has 1 fully saturated rings. The lowest BCUT2D eigenvalue weighted by Gasteiger charge is -2.28. The van der Waals surface area contributed by atoms with Gasteiger partial charge in [-0.25, -0.2) is 15.0 Å². The van der Waals surface area contributed by atoms with Crippen LogP contribution < -0.4 is 5.43 Å². The van der Waals surface area contributed by atoms with Crippen LogP contribution in [0, 0.1) is 0 Å². The number of hydrogen-bond acceptors (Lipinski definition) is 5. The highest BCUT2D eigenvalue weighted by Crippen LogP contribution is 2.24. The highest BCUT2D eigenvalue weighted by Gasteiger charge is 2.17. The topological polar surface area (TPSA) is 50.3 Å². The van der Waals surface area contributed by atoms with E-state index in [-0.39, 0.29) is 0 Å². The number of morpholine rings is 1. The summed E-state index contributed by atoms with van der Waals surface area (Å²) >= 11 is 0. The van der Waals surface area contributed by atoms with E-state index in [9.17, 15) is 0 Å². The molecule has 98 valence electrons. The summed E-state index contributed by atoms with van der Waals surface area (Å²) in [6, 6.07) is 0. The normalized spacial score (nSPS) is 21.1. The fourth-order valence-electron chi connectivity index (χ4n) is 2.62. The van der Waals surface area contributed by atoms with Gasteiger partial charge in [0.2, 0.25) is 0 Å². The van der Waals surface area contributed by atoms with Crippen molar-refractivity contribution in [2.24, 2.45) is 0 Å². The van der Waals surface area contributed by atoms with Gasteiger partial charge in [-0.1, -0.05) is 6.42 Å². The summed E-state index contributed by atoms with van der Waals surface area (Å²) in [5.74, 6) is 1.00. The molecule has 0 radical (unpaired) electrons. The maximum atomic E-state index is 5.36. The molecule has 1 aromatic rings. The first-order chi connectivity index (χ1) is 8.93. The Morgan fingerprint density at radius 1 is 1.06 bits per heavy atom. The van der Waals surface area contributed by atoms with Crippen LogP contribution in [0.15, 0.2) is 6.33 Å². The van der Waals surface area contributed by atoms with Crippen LogP contribution in [0.5, 0.6) is 0 Å². The summed E-state index contributed by atoms with van der Waals surface area (Å²) < 4.78 is 5.36. The average Bonchev–Trinajstić information content (AvgIpc) is 2.66. The van der Waals surface area contributed by atoms with E-state index in [2.05, 4.69) is 20.4 Å². The molecular weight excluding hydrogens is 228 g/mol. The standard InChI is InChI=1S/C13H20N4O/c1-2-4-11-12(5-3-1)14-10-15-13(11)16-17-6-8-18-9-7-17/h10H,1-9H2,(H,14,15,16). The van der Waals surface area contributed by atoms with Gasteiger partial charge in [-0.05, 0) is 25.7 Å². The predicted octanol–water partition coefficient (Wildman–Crippen LogP) is 1.40. The Labute approximate surface area is 108 Å². The summed E-state index contributed by atoms with van der Waals surface area (Å²) in [6.45, 7) is 3.41. The van der Waals surface area contributed by atoms with Crippen molar-refractivity contribution in [1.29, 1.82) is 0 Å². The SMILES string of the molecule is c1nc2c(c(NN3CCOCC3)n1)CCCCC2. The van der Waals surface area contributed by atoms with E-state index in [4.69, 9.17) is 4.74 Å². The fourth-order valence-corrected chi connectivity index (χ4v) is 2.62. The molecule has 0 bridgehead atoms. The summed E-state index contributed by atoms with van der Waals surface area (Å²) in [4.78, 5) is 8.86. The van der Waals surface area contributed by atoms with Crippen molar-refractivity contribution in [1.82, 2.24) is 15.0 Å². The number of aryl methyl sites for hydroxylation is 1. The minimum atomic E-state index is 0.792. The Morgan fingerprint density at radius 3 is 2.78 bits per heavy atom. The van der Waals surface area contributed by atoms with Crippen molar-refractivity contribution < 1.29 is 4.74 Å². The van der Waals surface area contributed by atoms with E-state index < -0.39 is 0 Å². The van der Waals surface area contributed by atoms with Crippen molar-refractivity contribution in [2.45, 2.75) is 32.1 Å². The van der Waals surface area contributed by atoms with Gasteiger partial charge in [0.1, 0.15) is 12.1 Å². The molecule has 0 saturated carbocycles. The Morgan fingerprint density at radius 2 is 1.89 bits per heavy atom. The molecule has 0 amide bonds. The number of anilines is 1. The quantitative estimate of drug-likeness (QED) is 0.802. The predicted molar refractivity (Wildman–Crippen MR) is 69.3 cm³/mol. The lowest BCUT2D eigenvalue weighted by Crippen LogP contribution is -2.40. The van der Waals surface area contributed by atoms with Gasteiger partial charge < -0.3 is 10.2 Å². The molecule has 1 aromatic heterocycles. The van der Waals surface area contributed by atoms with Gasteiger partial charge in [-0.2, -0.15) is 0 Å². The van der Waals surface area contributed by atoms with Gasteiger partial charge in [-0.15, -0.1) is 0 Å². The maximum Gasteiger partial charge on any atom is 0.147 e. The first-order valence-corrected chi connectivity index (χ1v) is 6.85. The Kier molecular flexibility index (Phi) is 3.71. The molecule has 2 aliphatic rings. The van der Waals surface area contributed by atoms with Crippen molar-refractivity contribution in [3.8, 4) is 0 Å². The summed E-state index contributed by atoms with van der Waals surface area (Å²) in [5, 5.41) is 2.19. The molecule has 1 saturated heterocycles. The van der Waals surface area contributed by atoms with Crippen molar-refractivity contribution in [2.75, 3.05) is 31.7 Å². The van der Waals surface area contributed by atoms with Gasteiger partial charge >= 0.3 is 0 Å². The number of hydrazine groups is 1. The third kappa shape index (κ3) is 2.62. The zero-order valence-corrected chi connectivity index (χ0v) is 10.7. The lowest BCUT2D eigenvalue weighted by molar-refractivity contribution is 0.0494. The average molecular weight is 248 g/mol. The van der Waals surface area contributed by atoms with Crippen LogP contribution in [-0.4, -0.2) is 41.3 Å². The molecule has 5 heteroatoms. The van der Waals surface area contributed by atoms with Crippen LogP contribution in [0.4, 0.5) is 5.82 Å². The second kappa shape index (κ2) is 5.63. The van der Waals surface area contributed by atoms with E-state index in [0.29, 0.717) is 0 Å². The molecule has 0 spiro atoms. The van der Waals surface area contributed by atoms with Crippen LogP contribution in [0.1, 0.15) is 30.5 Å². The van der Waals surface area contributed by atoms with Crippen LogP contribution in [0.2, 0.25) is 0 Å². The van der Waals surface area contributed by atoms with Crippen molar-refractivity contribution in [3.63, 3.8) is 0 Å².